The van der Waals surface area contributed by atoms with Crippen LogP contribution in [-0.4, -0.2) is 28.0 Å². The van der Waals surface area contributed by atoms with E-state index in [0.29, 0.717) is 21.5 Å². The first-order chi connectivity index (χ1) is 14.0. The van der Waals surface area contributed by atoms with Crippen LogP contribution in [-0.2, 0) is 11.3 Å². The average molecular weight is 410 g/mol. The summed E-state index contributed by atoms with van der Waals surface area (Å²) in [6, 6.07) is 15.4. The molecule has 2 amide bonds. The molecule has 0 aliphatic carbocycles. The predicted molar refractivity (Wildman–Crippen MR) is 107 cm³/mol. The highest BCUT2D eigenvalue weighted by Gasteiger charge is 2.16. The molecular formula is C20H16ClN5O3. The number of nitrogens with zero attached hydrogens (tertiary/aromatic N) is 4. The number of aryl methyl sites for hydroxylation is 1. The Kier molecular flexibility index (Phi) is 6.22. The van der Waals surface area contributed by atoms with Crippen molar-refractivity contribution in [1.29, 1.82) is 5.26 Å². The highest BCUT2D eigenvalue weighted by Crippen LogP contribution is 2.38. The summed E-state index contributed by atoms with van der Waals surface area (Å²) in [5.74, 6) is -1.33. The van der Waals surface area contributed by atoms with Crippen LogP contribution in [0.15, 0.2) is 58.8 Å². The first-order valence-electron chi connectivity index (χ1n) is 8.66. The molecule has 2 aromatic carbocycles. The number of azo groups is 1. The average Bonchev–Trinajstić information content (AvgIpc) is 2.99. The zero-order valence-corrected chi connectivity index (χ0v) is 15.9. The third kappa shape index (κ3) is 4.59. The number of fused-ring (bicyclic) bond motifs is 1. The van der Waals surface area contributed by atoms with E-state index in [-0.39, 0.29) is 31.1 Å². The maximum Gasteiger partial charge on any atom is 0.283 e. The number of hydrogen-bond donors (Lipinski definition) is 2. The van der Waals surface area contributed by atoms with E-state index >= 15 is 0 Å². The minimum Gasteiger partial charge on any atom is -0.493 e. The topological polar surface area (TPSA) is 120 Å². The highest BCUT2D eigenvalue weighted by molar-refractivity contribution is 6.31. The van der Waals surface area contributed by atoms with E-state index in [2.05, 4.69) is 15.5 Å². The van der Waals surface area contributed by atoms with E-state index in [1.54, 1.807) is 42.5 Å². The number of carbonyl (C=O) groups is 2. The lowest BCUT2D eigenvalue weighted by atomic mass is 10.2. The number of benzene rings is 2. The molecule has 29 heavy (non-hydrogen) atoms. The van der Waals surface area contributed by atoms with Crippen LogP contribution in [0.1, 0.15) is 16.8 Å². The smallest absolute Gasteiger partial charge is 0.283 e. The summed E-state index contributed by atoms with van der Waals surface area (Å²) in [5, 5.41) is 30.2. The number of aromatic hydroxyl groups is 1. The van der Waals surface area contributed by atoms with Gasteiger partial charge in [0, 0.05) is 22.5 Å². The number of aromatic nitrogens is 1. The number of amides is 2. The van der Waals surface area contributed by atoms with Gasteiger partial charge >= 0.3 is 0 Å². The fraction of sp³-hybridized carbons (Fsp3) is 0.150. The minimum absolute atomic E-state index is 0.132. The molecule has 0 radical (unpaired) electrons. The van der Waals surface area contributed by atoms with Crippen molar-refractivity contribution < 1.29 is 14.7 Å². The number of carbonyl (C=O) groups excluding carboxylic acids is 2. The summed E-state index contributed by atoms with van der Waals surface area (Å²) >= 11 is 5.84. The summed E-state index contributed by atoms with van der Waals surface area (Å²) in [7, 11) is 0. The Morgan fingerprint density at radius 3 is 2.76 bits per heavy atom. The number of halogens is 1. The minimum atomic E-state index is -0.686. The van der Waals surface area contributed by atoms with E-state index in [0.717, 1.165) is 0 Å². The molecule has 9 heteroatoms. The molecule has 1 aromatic heterocycles. The maximum atomic E-state index is 12.0. The Labute approximate surface area is 171 Å². The lowest BCUT2D eigenvalue weighted by Gasteiger charge is -2.03. The van der Waals surface area contributed by atoms with E-state index < -0.39 is 11.8 Å². The van der Waals surface area contributed by atoms with E-state index in [4.69, 9.17) is 16.9 Å². The molecule has 146 valence electrons. The van der Waals surface area contributed by atoms with E-state index in [9.17, 15) is 14.7 Å². The molecule has 3 aromatic rings. The van der Waals surface area contributed by atoms with E-state index in [1.165, 1.54) is 10.6 Å². The molecule has 0 saturated heterocycles. The van der Waals surface area contributed by atoms with Gasteiger partial charge in [-0.15, -0.1) is 10.2 Å². The van der Waals surface area contributed by atoms with Crippen LogP contribution in [0.3, 0.4) is 0 Å². The first kappa shape index (κ1) is 20.0. The molecule has 0 unspecified atom stereocenters. The van der Waals surface area contributed by atoms with Gasteiger partial charge < -0.3 is 15.0 Å². The van der Waals surface area contributed by atoms with Gasteiger partial charge in [0.05, 0.1) is 18.0 Å². The van der Waals surface area contributed by atoms with Gasteiger partial charge in [0.25, 0.3) is 11.8 Å². The highest BCUT2D eigenvalue weighted by atomic mass is 35.5. The van der Waals surface area contributed by atoms with Crippen LogP contribution in [0.25, 0.3) is 10.9 Å². The van der Waals surface area contributed by atoms with Crippen LogP contribution in [0.2, 0.25) is 5.02 Å². The Morgan fingerprint density at radius 1 is 1.21 bits per heavy atom. The molecule has 2 N–H and O–H groups in total. The zero-order chi connectivity index (χ0) is 20.8. The SMILES string of the molecule is N#CCCn1c(O)c(N=NC(=O)CNC(=O)c2cccc(Cl)c2)c2ccccc21. The van der Waals surface area contributed by atoms with Crippen molar-refractivity contribution in [1.82, 2.24) is 9.88 Å². The van der Waals surface area contributed by atoms with Crippen molar-refractivity contribution in [3.05, 3.63) is 59.1 Å². The van der Waals surface area contributed by atoms with Gasteiger partial charge in [-0.1, -0.05) is 35.9 Å². The Balaban J connectivity index is 1.73. The fourth-order valence-electron chi connectivity index (χ4n) is 2.79. The van der Waals surface area contributed by atoms with Crippen LogP contribution < -0.4 is 5.32 Å². The largest absolute Gasteiger partial charge is 0.493 e. The molecule has 0 fully saturated rings. The van der Waals surface area contributed by atoms with Gasteiger partial charge in [-0.25, -0.2) is 0 Å². The zero-order valence-electron chi connectivity index (χ0n) is 15.2. The number of nitriles is 1. The fourth-order valence-corrected chi connectivity index (χ4v) is 2.98. The summed E-state index contributed by atoms with van der Waals surface area (Å²) in [6.07, 6.45) is 0.206. The summed E-state index contributed by atoms with van der Waals surface area (Å²) in [6.45, 7) is -0.0787. The molecule has 0 bridgehead atoms. The van der Waals surface area contributed by atoms with Crippen molar-refractivity contribution in [2.75, 3.05) is 6.54 Å². The number of hydrogen-bond acceptors (Lipinski definition) is 5. The van der Waals surface area contributed by atoms with Crippen LogP contribution in [0.5, 0.6) is 5.88 Å². The number of nitrogens with one attached hydrogen (secondary N) is 1. The monoisotopic (exact) mass is 409 g/mol. The van der Waals surface area contributed by atoms with E-state index in [1.807, 2.05) is 6.07 Å². The van der Waals surface area contributed by atoms with Crippen LogP contribution in [0.4, 0.5) is 5.69 Å². The lowest BCUT2D eigenvalue weighted by molar-refractivity contribution is -0.117. The van der Waals surface area contributed by atoms with Crippen molar-refractivity contribution in [2.24, 2.45) is 10.2 Å². The molecule has 0 aliphatic rings. The third-order valence-corrected chi connectivity index (χ3v) is 4.35. The second-order valence-electron chi connectivity index (χ2n) is 6.04. The molecule has 0 aliphatic heterocycles. The van der Waals surface area contributed by atoms with Crippen molar-refractivity contribution >= 4 is 40.0 Å². The van der Waals surface area contributed by atoms with Crippen LogP contribution >= 0.6 is 11.6 Å². The summed E-state index contributed by atoms with van der Waals surface area (Å²) < 4.78 is 1.54. The van der Waals surface area contributed by atoms with Crippen molar-refractivity contribution in [3.63, 3.8) is 0 Å². The van der Waals surface area contributed by atoms with Gasteiger partial charge in [0.2, 0.25) is 5.88 Å². The second kappa shape index (κ2) is 8.99. The van der Waals surface area contributed by atoms with Crippen LogP contribution in [0, 0.1) is 11.3 Å². The van der Waals surface area contributed by atoms with Crippen molar-refractivity contribution in [3.8, 4) is 11.9 Å². The maximum absolute atomic E-state index is 12.0. The third-order valence-electron chi connectivity index (χ3n) is 4.11. The molecule has 1 heterocycles. The molecule has 3 rings (SSSR count). The molecule has 8 nitrogen and oxygen atoms in total. The van der Waals surface area contributed by atoms with Gasteiger partial charge in [-0.2, -0.15) is 5.26 Å². The summed E-state index contributed by atoms with van der Waals surface area (Å²) in [4.78, 5) is 24.1. The summed E-state index contributed by atoms with van der Waals surface area (Å²) in [5.41, 5.74) is 1.13. The van der Waals surface area contributed by atoms with Gasteiger partial charge in [-0.3, -0.25) is 9.59 Å². The molecule has 0 atom stereocenters. The molecular weight excluding hydrogens is 394 g/mol. The Hall–Kier alpha value is -3.70. The molecule has 0 saturated carbocycles. The quantitative estimate of drug-likeness (QED) is 0.598. The predicted octanol–water partition coefficient (Wildman–Crippen LogP) is 3.95. The van der Waals surface area contributed by atoms with Gasteiger partial charge in [0.1, 0.15) is 6.54 Å². The normalized spacial score (nSPS) is 10.9. The number of para-hydroxylation sites is 1. The first-order valence-corrected chi connectivity index (χ1v) is 9.04. The second-order valence-corrected chi connectivity index (χ2v) is 6.47. The standard InChI is InChI=1S/C20H16ClN5O3/c21-14-6-3-5-13(11-14)19(28)23-12-17(27)24-25-18-15-7-1-2-8-16(15)26(20(18)29)10-4-9-22/h1-3,5-8,11,29H,4,10,12H2,(H,23,28). The Bertz CT molecular complexity index is 1150. The molecule has 0 spiro atoms. The number of rotatable bonds is 6. The lowest BCUT2D eigenvalue weighted by Crippen LogP contribution is -2.28. The van der Waals surface area contributed by atoms with Crippen molar-refractivity contribution in [2.45, 2.75) is 13.0 Å². The Morgan fingerprint density at radius 2 is 2.00 bits per heavy atom. The van der Waals surface area contributed by atoms with Gasteiger partial charge in [-0.05, 0) is 24.3 Å². The van der Waals surface area contributed by atoms with Gasteiger partial charge in [0.15, 0.2) is 5.69 Å².